The van der Waals surface area contributed by atoms with Crippen LogP contribution in [0.1, 0.15) is 88.2 Å². The fourth-order valence-electron chi connectivity index (χ4n) is 5.72. The van der Waals surface area contributed by atoms with Crippen LogP contribution in [0.3, 0.4) is 0 Å². The molecule has 0 radical (unpaired) electrons. The number of rotatable bonds is 14. The number of sulfonamides is 1. The number of nitrogens with zero attached hydrogens (tertiary/aromatic N) is 1. The highest BCUT2D eigenvalue weighted by Crippen LogP contribution is 2.35. The molecule has 48 heavy (non-hydrogen) atoms. The zero-order valence-corrected chi connectivity index (χ0v) is 29.1. The number of benzene rings is 3. The molecular formula is C38H46N2O7S. The summed E-state index contributed by atoms with van der Waals surface area (Å²) in [6.07, 6.45) is 3.84. The van der Waals surface area contributed by atoms with Crippen LogP contribution in [-0.2, 0) is 36.4 Å². The topological polar surface area (TPSA) is 103 Å². The SMILES string of the molecule is CC1(C)OCc2cc(C3CN(CCCCCCOCCC#Cc4cccc(S(=O)(=O)NC(C)(C)c5ccccc5)c4)C(=O)O3)ccc2O1. The minimum atomic E-state index is -3.74. The second kappa shape index (κ2) is 15.6. The zero-order chi connectivity index (χ0) is 34.2. The van der Waals surface area contributed by atoms with Gasteiger partial charge in [-0.15, -0.1) is 0 Å². The average Bonchev–Trinajstić information content (AvgIpc) is 3.43. The first-order chi connectivity index (χ1) is 22.9. The number of nitrogens with one attached hydrogen (secondary N) is 1. The number of hydrogen-bond donors (Lipinski definition) is 1. The molecule has 1 N–H and O–H groups in total. The Balaban J connectivity index is 0.954. The molecule has 1 amide bonds. The van der Waals surface area contributed by atoms with Crippen molar-refractivity contribution in [3.63, 3.8) is 0 Å². The Hall–Kier alpha value is -3.88. The quantitative estimate of drug-likeness (QED) is 0.144. The first-order valence-corrected chi connectivity index (χ1v) is 18.1. The average molecular weight is 675 g/mol. The lowest BCUT2D eigenvalue weighted by molar-refractivity contribution is -0.180. The van der Waals surface area contributed by atoms with Gasteiger partial charge in [0.15, 0.2) is 0 Å². The lowest BCUT2D eigenvalue weighted by Crippen LogP contribution is -2.40. The van der Waals surface area contributed by atoms with Crippen molar-refractivity contribution in [2.45, 2.75) is 88.7 Å². The third-order valence-electron chi connectivity index (χ3n) is 8.37. The molecule has 3 aromatic carbocycles. The van der Waals surface area contributed by atoms with Gasteiger partial charge in [-0.25, -0.2) is 17.9 Å². The van der Waals surface area contributed by atoms with Gasteiger partial charge in [-0.05, 0) is 68.1 Å². The molecule has 1 saturated heterocycles. The maximum atomic E-state index is 13.1. The van der Waals surface area contributed by atoms with Crippen molar-refractivity contribution in [2.24, 2.45) is 0 Å². The van der Waals surface area contributed by atoms with E-state index in [1.165, 1.54) is 0 Å². The summed E-state index contributed by atoms with van der Waals surface area (Å²) < 4.78 is 52.1. The standard InChI is InChI=1S/C38H46N2O7S/c1-37(2,32-17-8-7-9-18-32)39-48(42,43)33-19-14-16-29(25-33)15-10-13-24-44-23-12-6-5-11-22-40-27-35(46-36(40)41)30-20-21-34-31(26-30)28-45-38(3,4)47-34/h7-9,14,16-21,25-26,35,39H,5-6,11-13,22-24,27-28H2,1-4H3. The molecular weight excluding hydrogens is 628 g/mol. The normalized spacial score (nSPS) is 17.2. The van der Waals surface area contributed by atoms with Gasteiger partial charge in [0.25, 0.3) is 0 Å². The van der Waals surface area contributed by atoms with Gasteiger partial charge in [-0.2, -0.15) is 0 Å². The van der Waals surface area contributed by atoms with Crippen LogP contribution in [-0.4, -0.2) is 51.5 Å². The van der Waals surface area contributed by atoms with Crippen LogP contribution >= 0.6 is 0 Å². The lowest BCUT2D eigenvalue weighted by Gasteiger charge is -2.32. The summed E-state index contributed by atoms with van der Waals surface area (Å²) in [6.45, 7) is 10.3. The van der Waals surface area contributed by atoms with E-state index < -0.39 is 21.3 Å². The fraction of sp³-hybridized carbons (Fsp3) is 0.447. The van der Waals surface area contributed by atoms with Gasteiger partial charge in [0.2, 0.25) is 15.8 Å². The maximum Gasteiger partial charge on any atom is 0.410 e. The molecule has 0 saturated carbocycles. The summed E-state index contributed by atoms with van der Waals surface area (Å²) in [7, 11) is -3.74. The van der Waals surface area contributed by atoms with Crippen LogP contribution in [0.2, 0.25) is 0 Å². The van der Waals surface area contributed by atoms with Crippen LogP contribution in [0.4, 0.5) is 4.79 Å². The Morgan fingerprint density at radius 1 is 0.979 bits per heavy atom. The first-order valence-electron chi connectivity index (χ1n) is 16.6. The highest BCUT2D eigenvalue weighted by atomic mass is 32.2. The third kappa shape index (κ3) is 9.60. The van der Waals surface area contributed by atoms with Crippen molar-refractivity contribution in [1.82, 2.24) is 9.62 Å². The molecule has 0 spiro atoms. The first kappa shape index (κ1) is 35.4. The summed E-state index contributed by atoms with van der Waals surface area (Å²) in [6, 6.07) is 22.1. The van der Waals surface area contributed by atoms with Gasteiger partial charge in [0, 0.05) is 44.5 Å². The highest BCUT2D eigenvalue weighted by molar-refractivity contribution is 7.89. The predicted molar refractivity (Wildman–Crippen MR) is 184 cm³/mol. The molecule has 0 aliphatic carbocycles. The second-order valence-electron chi connectivity index (χ2n) is 13.2. The number of hydrogen-bond acceptors (Lipinski definition) is 7. The molecule has 2 heterocycles. The van der Waals surface area contributed by atoms with Crippen LogP contribution in [0, 0.1) is 11.8 Å². The minimum absolute atomic E-state index is 0.181. The summed E-state index contributed by atoms with van der Waals surface area (Å²) in [5.41, 5.74) is 2.67. The molecule has 10 heteroatoms. The minimum Gasteiger partial charge on any atom is -0.463 e. The third-order valence-corrected chi connectivity index (χ3v) is 10.0. The maximum absolute atomic E-state index is 13.1. The zero-order valence-electron chi connectivity index (χ0n) is 28.3. The van der Waals surface area contributed by atoms with Gasteiger partial charge in [-0.3, -0.25) is 0 Å². The molecule has 5 rings (SSSR count). The molecule has 1 atom stereocenters. The van der Waals surface area contributed by atoms with E-state index in [2.05, 4.69) is 16.6 Å². The lowest BCUT2D eigenvalue weighted by atomic mass is 9.96. The van der Waals surface area contributed by atoms with Crippen molar-refractivity contribution in [2.75, 3.05) is 26.3 Å². The van der Waals surface area contributed by atoms with E-state index in [9.17, 15) is 13.2 Å². The molecule has 0 aromatic heterocycles. The molecule has 0 bridgehead atoms. The smallest absolute Gasteiger partial charge is 0.410 e. The Labute approximate surface area is 285 Å². The molecule has 2 aliphatic heterocycles. The van der Waals surface area contributed by atoms with Crippen molar-refractivity contribution in [3.8, 4) is 17.6 Å². The second-order valence-corrected chi connectivity index (χ2v) is 14.9. The predicted octanol–water partition coefficient (Wildman–Crippen LogP) is 7.06. The Morgan fingerprint density at radius 2 is 1.77 bits per heavy atom. The number of fused-ring (bicyclic) bond motifs is 1. The largest absolute Gasteiger partial charge is 0.463 e. The molecule has 256 valence electrons. The van der Waals surface area contributed by atoms with E-state index in [-0.39, 0.29) is 17.1 Å². The number of carbonyl (C=O) groups excluding carboxylic acids is 1. The van der Waals surface area contributed by atoms with E-state index >= 15 is 0 Å². The van der Waals surface area contributed by atoms with Crippen molar-refractivity contribution >= 4 is 16.1 Å². The van der Waals surface area contributed by atoms with Crippen LogP contribution in [0.15, 0.2) is 77.7 Å². The summed E-state index contributed by atoms with van der Waals surface area (Å²) in [4.78, 5) is 14.4. The number of cyclic esters (lactones) is 1. The van der Waals surface area contributed by atoms with Gasteiger partial charge >= 0.3 is 6.09 Å². The molecule has 3 aromatic rings. The number of amides is 1. The summed E-state index contributed by atoms with van der Waals surface area (Å²) in [5, 5.41) is 0. The fourth-order valence-corrected chi connectivity index (χ4v) is 7.17. The van der Waals surface area contributed by atoms with Crippen molar-refractivity contribution in [3.05, 3.63) is 95.1 Å². The molecule has 2 aliphatic rings. The van der Waals surface area contributed by atoms with Crippen molar-refractivity contribution < 1.29 is 32.2 Å². The van der Waals surface area contributed by atoms with E-state index in [1.54, 1.807) is 29.2 Å². The van der Waals surface area contributed by atoms with E-state index in [0.29, 0.717) is 44.9 Å². The Bertz CT molecular complexity index is 1730. The Kier molecular flexibility index (Phi) is 11.5. The Morgan fingerprint density at radius 3 is 2.58 bits per heavy atom. The van der Waals surface area contributed by atoms with Gasteiger partial charge in [0.05, 0.1) is 30.2 Å². The van der Waals surface area contributed by atoms with Crippen molar-refractivity contribution in [1.29, 1.82) is 0 Å². The summed E-state index contributed by atoms with van der Waals surface area (Å²) >= 11 is 0. The highest BCUT2D eigenvalue weighted by Gasteiger charge is 2.34. The molecule has 1 unspecified atom stereocenters. The van der Waals surface area contributed by atoms with Crippen LogP contribution in [0.25, 0.3) is 0 Å². The van der Waals surface area contributed by atoms with Gasteiger partial charge in [0.1, 0.15) is 11.9 Å². The number of carbonyl (C=O) groups is 1. The van der Waals surface area contributed by atoms with E-state index in [4.69, 9.17) is 18.9 Å². The monoisotopic (exact) mass is 674 g/mol. The number of unbranched alkanes of at least 4 members (excludes halogenated alkanes) is 3. The molecule has 9 nitrogen and oxygen atoms in total. The number of ether oxygens (including phenoxy) is 4. The van der Waals surface area contributed by atoms with E-state index in [0.717, 1.165) is 48.1 Å². The molecule has 1 fully saturated rings. The van der Waals surface area contributed by atoms with Crippen LogP contribution < -0.4 is 9.46 Å². The van der Waals surface area contributed by atoms with Gasteiger partial charge in [-0.1, -0.05) is 67.1 Å². The van der Waals surface area contributed by atoms with E-state index in [1.807, 2.05) is 76.2 Å². The van der Waals surface area contributed by atoms with Gasteiger partial charge < -0.3 is 23.8 Å². The summed E-state index contributed by atoms with van der Waals surface area (Å²) in [5.74, 6) is 6.30. The van der Waals surface area contributed by atoms with Crippen LogP contribution in [0.5, 0.6) is 5.75 Å².